The molecule has 2 aromatic carbocycles. The van der Waals surface area contributed by atoms with Gasteiger partial charge in [-0.2, -0.15) is 0 Å². The molecular weight excluding hydrogens is 375 g/mol. The molecule has 2 amide bonds. The second kappa shape index (κ2) is 7.83. The van der Waals surface area contributed by atoms with E-state index in [4.69, 9.17) is 0 Å². The van der Waals surface area contributed by atoms with Crippen LogP contribution in [0.3, 0.4) is 0 Å². The summed E-state index contributed by atoms with van der Waals surface area (Å²) in [6.07, 6.45) is 1.53. The van der Waals surface area contributed by atoms with Crippen molar-refractivity contribution in [2.75, 3.05) is 18.0 Å². The van der Waals surface area contributed by atoms with Gasteiger partial charge in [0.15, 0.2) is 0 Å². The summed E-state index contributed by atoms with van der Waals surface area (Å²) in [6, 6.07) is 13.1. The zero-order valence-corrected chi connectivity index (χ0v) is 15.5. The number of amides is 2. The van der Waals surface area contributed by atoms with Crippen LogP contribution in [0.2, 0.25) is 0 Å². The highest BCUT2D eigenvalue weighted by atomic mass is 19.1. The molecule has 0 bridgehead atoms. The summed E-state index contributed by atoms with van der Waals surface area (Å²) in [5.74, 6) is -1.27. The third kappa shape index (κ3) is 3.87. The van der Waals surface area contributed by atoms with Crippen molar-refractivity contribution in [1.82, 2.24) is 14.9 Å². The molecule has 7 nitrogen and oxygen atoms in total. The predicted octanol–water partition coefficient (Wildman–Crippen LogP) is 1.70. The summed E-state index contributed by atoms with van der Waals surface area (Å²) in [7, 11) is 0. The van der Waals surface area contributed by atoms with Crippen molar-refractivity contribution < 1.29 is 14.0 Å². The summed E-state index contributed by atoms with van der Waals surface area (Å²) in [6.45, 7) is 0.732. The Morgan fingerprint density at radius 3 is 2.76 bits per heavy atom. The van der Waals surface area contributed by atoms with Crippen LogP contribution >= 0.6 is 0 Å². The SMILES string of the molecule is O=C(NCCn1cnc2ccc(F)cc2c1=O)[C@H]1CC(=O)N(c2ccccc2)C1. The Labute approximate surface area is 165 Å². The van der Waals surface area contributed by atoms with Crippen LogP contribution in [-0.2, 0) is 16.1 Å². The Morgan fingerprint density at radius 2 is 1.97 bits per heavy atom. The van der Waals surface area contributed by atoms with E-state index in [9.17, 15) is 18.8 Å². The summed E-state index contributed by atoms with van der Waals surface area (Å²) in [4.78, 5) is 42.9. The third-order valence-corrected chi connectivity index (χ3v) is 5.00. The lowest BCUT2D eigenvalue weighted by molar-refractivity contribution is -0.126. The number of fused-ring (bicyclic) bond motifs is 1. The summed E-state index contributed by atoms with van der Waals surface area (Å²) in [5, 5.41) is 2.97. The maximum atomic E-state index is 13.4. The van der Waals surface area contributed by atoms with Crippen molar-refractivity contribution in [3.63, 3.8) is 0 Å². The number of nitrogens with one attached hydrogen (secondary N) is 1. The first kappa shape index (κ1) is 18.8. The number of halogens is 1. The smallest absolute Gasteiger partial charge is 0.261 e. The molecule has 1 saturated heterocycles. The average Bonchev–Trinajstić information content (AvgIpc) is 3.12. The number of aromatic nitrogens is 2. The molecule has 29 heavy (non-hydrogen) atoms. The lowest BCUT2D eigenvalue weighted by Gasteiger charge is -2.16. The van der Waals surface area contributed by atoms with E-state index in [2.05, 4.69) is 10.3 Å². The molecule has 1 N–H and O–H groups in total. The van der Waals surface area contributed by atoms with Gasteiger partial charge in [0, 0.05) is 31.7 Å². The van der Waals surface area contributed by atoms with E-state index in [1.54, 1.807) is 4.90 Å². The van der Waals surface area contributed by atoms with E-state index in [0.717, 1.165) is 11.8 Å². The number of hydrogen-bond acceptors (Lipinski definition) is 4. The number of carbonyl (C=O) groups is 2. The molecule has 1 aliphatic rings. The maximum absolute atomic E-state index is 13.4. The van der Waals surface area contributed by atoms with Gasteiger partial charge in [-0.05, 0) is 30.3 Å². The number of para-hydroxylation sites is 1. The van der Waals surface area contributed by atoms with E-state index in [0.29, 0.717) is 12.1 Å². The standard InChI is InChI=1S/C21H19FN4O3/c22-15-6-7-18-17(11-15)21(29)25(13-24-18)9-8-23-20(28)14-10-19(27)26(12-14)16-4-2-1-3-5-16/h1-7,11,13-14H,8-10,12H2,(H,23,28)/t14-/m0/s1. The molecule has 0 saturated carbocycles. The van der Waals surface area contributed by atoms with Crippen LogP contribution in [0.4, 0.5) is 10.1 Å². The summed E-state index contributed by atoms with van der Waals surface area (Å²) in [5.41, 5.74) is 0.825. The van der Waals surface area contributed by atoms with Crippen LogP contribution in [0, 0.1) is 11.7 Å². The first-order valence-electron chi connectivity index (χ1n) is 9.31. The molecule has 1 aromatic heterocycles. The number of rotatable bonds is 5. The molecule has 2 heterocycles. The highest BCUT2D eigenvalue weighted by Gasteiger charge is 2.34. The second-order valence-electron chi connectivity index (χ2n) is 6.94. The molecule has 0 radical (unpaired) electrons. The van der Waals surface area contributed by atoms with Crippen molar-refractivity contribution in [3.8, 4) is 0 Å². The fourth-order valence-corrected chi connectivity index (χ4v) is 3.48. The molecule has 1 aliphatic heterocycles. The molecule has 8 heteroatoms. The lowest BCUT2D eigenvalue weighted by Crippen LogP contribution is -2.36. The van der Waals surface area contributed by atoms with Gasteiger partial charge in [-0.15, -0.1) is 0 Å². The minimum Gasteiger partial charge on any atom is -0.354 e. The van der Waals surface area contributed by atoms with E-state index in [-0.39, 0.29) is 42.3 Å². The fraction of sp³-hybridized carbons (Fsp3) is 0.238. The number of anilines is 1. The van der Waals surface area contributed by atoms with Crippen molar-refractivity contribution in [2.45, 2.75) is 13.0 Å². The van der Waals surface area contributed by atoms with Gasteiger partial charge in [-0.3, -0.25) is 19.0 Å². The zero-order chi connectivity index (χ0) is 20.4. The average molecular weight is 394 g/mol. The molecule has 148 valence electrons. The summed E-state index contributed by atoms with van der Waals surface area (Å²) >= 11 is 0. The molecule has 3 aromatic rings. The summed E-state index contributed by atoms with van der Waals surface area (Å²) < 4.78 is 14.7. The monoisotopic (exact) mass is 394 g/mol. The predicted molar refractivity (Wildman–Crippen MR) is 106 cm³/mol. The maximum Gasteiger partial charge on any atom is 0.261 e. The van der Waals surface area contributed by atoms with Crippen LogP contribution < -0.4 is 15.8 Å². The van der Waals surface area contributed by atoms with Gasteiger partial charge in [0.1, 0.15) is 5.82 Å². The molecule has 4 rings (SSSR count). The molecule has 1 fully saturated rings. The molecule has 0 spiro atoms. The Bertz CT molecular complexity index is 1130. The van der Waals surface area contributed by atoms with Gasteiger partial charge in [0.2, 0.25) is 11.8 Å². The first-order valence-corrected chi connectivity index (χ1v) is 9.31. The third-order valence-electron chi connectivity index (χ3n) is 5.00. The van der Waals surface area contributed by atoms with E-state index >= 15 is 0 Å². The minimum absolute atomic E-state index is 0.0895. The molecule has 0 unspecified atom stereocenters. The van der Waals surface area contributed by atoms with Gasteiger partial charge >= 0.3 is 0 Å². The minimum atomic E-state index is -0.503. The second-order valence-corrected chi connectivity index (χ2v) is 6.94. The number of carbonyl (C=O) groups excluding carboxylic acids is 2. The highest BCUT2D eigenvalue weighted by molar-refractivity contribution is 6.00. The Kier molecular flexibility index (Phi) is 5.07. The van der Waals surface area contributed by atoms with Crippen LogP contribution in [-0.4, -0.2) is 34.5 Å². The van der Waals surface area contributed by atoms with Gasteiger partial charge in [-0.1, -0.05) is 18.2 Å². The molecule has 0 aliphatic carbocycles. The van der Waals surface area contributed by atoms with Crippen LogP contribution in [0.1, 0.15) is 6.42 Å². The van der Waals surface area contributed by atoms with Crippen LogP contribution in [0.25, 0.3) is 10.9 Å². The van der Waals surface area contributed by atoms with E-state index in [1.807, 2.05) is 30.3 Å². The topological polar surface area (TPSA) is 84.3 Å². The van der Waals surface area contributed by atoms with Crippen LogP contribution in [0.5, 0.6) is 0 Å². The van der Waals surface area contributed by atoms with Gasteiger partial charge in [0.05, 0.1) is 23.1 Å². The van der Waals surface area contributed by atoms with Crippen molar-refractivity contribution in [2.24, 2.45) is 5.92 Å². The Balaban J connectivity index is 1.37. The van der Waals surface area contributed by atoms with Crippen molar-refractivity contribution >= 4 is 28.4 Å². The lowest BCUT2D eigenvalue weighted by atomic mass is 10.1. The number of nitrogens with zero attached hydrogens (tertiary/aromatic N) is 3. The van der Waals surface area contributed by atoms with Gasteiger partial charge in [-0.25, -0.2) is 9.37 Å². The highest BCUT2D eigenvalue weighted by Crippen LogP contribution is 2.24. The van der Waals surface area contributed by atoms with E-state index in [1.165, 1.54) is 23.0 Å². The first-order chi connectivity index (χ1) is 14.0. The number of hydrogen-bond donors (Lipinski definition) is 1. The Morgan fingerprint density at radius 1 is 1.17 bits per heavy atom. The molecule has 1 atom stereocenters. The molecular formula is C21H19FN4O3. The quantitative estimate of drug-likeness (QED) is 0.714. The van der Waals surface area contributed by atoms with Crippen LogP contribution in [0.15, 0.2) is 59.7 Å². The van der Waals surface area contributed by atoms with Crippen molar-refractivity contribution in [3.05, 3.63) is 71.0 Å². The van der Waals surface area contributed by atoms with Crippen molar-refractivity contribution in [1.29, 1.82) is 0 Å². The van der Waals surface area contributed by atoms with E-state index < -0.39 is 11.7 Å². The van der Waals surface area contributed by atoms with Gasteiger partial charge in [0.25, 0.3) is 5.56 Å². The largest absolute Gasteiger partial charge is 0.354 e. The van der Waals surface area contributed by atoms with Gasteiger partial charge < -0.3 is 10.2 Å². The Hall–Kier alpha value is -3.55. The fourth-order valence-electron chi connectivity index (χ4n) is 3.48. The zero-order valence-electron chi connectivity index (χ0n) is 15.5. The number of benzene rings is 2. The normalized spacial score (nSPS) is 16.4.